The highest BCUT2D eigenvalue weighted by Crippen LogP contribution is 2.38. The molecule has 1 aliphatic rings. The number of halogens is 1. The average molecular weight is 352 g/mol. The van der Waals surface area contributed by atoms with E-state index in [4.69, 9.17) is 11.6 Å². The van der Waals surface area contributed by atoms with Crippen LogP contribution in [-0.4, -0.2) is 19.6 Å². The van der Waals surface area contributed by atoms with Crippen molar-refractivity contribution in [2.75, 3.05) is 0 Å². The number of pyridine rings is 1. The first kappa shape index (κ1) is 16.1. The first-order valence-electron chi connectivity index (χ1n) is 8.15. The highest BCUT2D eigenvalue weighted by Gasteiger charge is 2.24. The summed E-state index contributed by atoms with van der Waals surface area (Å²) in [5.74, 6) is 0.858. The van der Waals surface area contributed by atoms with E-state index in [9.17, 15) is 5.11 Å². The van der Waals surface area contributed by atoms with Crippen LogP contribution in [-0.2, 0) is 13.5 Å². The standard InChI is InChI=1S/C20H18ClN3O/c1-12-23-11-19(24(12)2)20(25)17-8-14-4-3-7-22-18(14)9-13-5-6-15(21)10-16(13)17/h3-8,10-11,20,25H,9H2,1-2H3. The maximum absolute atomic E-state index is 11.1. The van der Waals surface area contributed by atoms with Crippen molar-refractivity contribution < 1.29 is 5.11 Å². The fraction of sp³-hybridized carbons (Fsp3) is 0.200. The summed E-state index contributed by atoms with van der Waals surface area (Å²) in [6.45, 7) is 1.92. The van der Waals surface area contributed by atoms with Gasteiger partial charge in [0.25, 0.3) is 0 Å². The molecule has 0 spiro atoms. The molecule has 5 heteroatoms. The summed E-state index contributed by atoms with van der Waals surface area (Å²) >= 11 is 6.25. The van der Waals surface area contributed by atoms with Gasteiger partial charge in [0.15, 0.2) is 0 Å². The van der Waals surface area contributed by atoms with Crippen molar-refractivity contribution in [1.29, 1.82) is 0 Å². The minimum absolute atomic E-state index is 0.650. The Kier molecular flexibility index (Phi) is 3.94. The van der Waals surface area contributed by atoms with Gasteiger partial charge in [-0.1, -0.05) is 23.7 Å². The van der Waals surface area contributed by atoms with Gasteiger partial charge >= 0.3 is 0 Å². The summed E-state index contributed by atoms with van der Waals surface area (Å²) in [5.41, 5.74) is 5.63. The van der Waals surface area contributed by atoms with Gasteiger partial charge in [0.2, 0.25) is 0 Å². The minimum Gasteiger partial charge on any atom is -0.382 e. The molecule has 1 unspecified atom stereocenters. The monoisotopic (exact) mass is 351 g/mol. The summed E-state index contributed by atoms with van der Waals surface area (Å²) in [5, 5.41) is 11.8. The first-order valence-corrected chi connectivity index (χ1v) is 8.53. The highest BCUT2D eigenvalue weighted by atomic mass is 35.5. The van der Waals surface area contributed by atoms with Crippen LogP contribution in [0, 0.1) is 6.92 Å². The summed E-state index contributed by atoms with van der Waals surface area (Å²) in [7, 11) is 1.91. The molecule has 2 heterocycles. The zero-order chi connectivity index (χ0) is 17.6. The molecule has 1 N–H and O–H groups in total. The van der Waals surface area contributed by atoms with E-state index in [0.717, 1.165) is 39.5 Å². The van der Waals surface area contributed by atoms with E-state index in [-0.39, 0.29) is 0 Å². The van der Waals surface area contributed by atoms with E-state index in [1.54, 1.807) is 12.4 Å². The molecular formula is C20H18ClN3O. The SMILES string of the molecule is Cc1ncc(C(O)C2=Cc3cccnc3Cc3ccc(Cl)cc32)n1C. The van der Waals surface area contributed by atoms with Crippen LogP contribution in [0.25, 0.3) is 11.6 Å². The van der Waals surface area contributed by atoms with Gasteiger partial charge in [-0.3, -0.25) is 4.98 Å². The van der Waals surface area contributed by atoms with E-state index < -0.39 is 6.10 Å². The van der Waals surface area contributed by atoms with Crippen LogP contribution in [0.15, 0.2) is 42.7 Å². The number of nitrogens with zero attached hydrogens (tertiary/aromatic N) is 3. The Labute approximate surface area is 151 Å². The summed E-state index contributed by atoms with van der Waals surface area (Å²) in [4.78, 5) is 8.82. The molecule has 0 fully saturated rings. The summed E-state index contributed by atoms with van der Waals surface area (Å²) in [6, 6.07) is 9.75. The van der Waals surface area contributed by atoms with Gasteiger partial charge < -0.3 is 9.67 Å². The maximum atomic E-state index is 11.1. The van der Waals surface area contributed by atoms with Crippen molar-refractivity contribution in [3.8, 4) is 0 Å². The van der Waals surface area contributed by atoms with Crippen LogP contribution in [0.5, 0.6) is 0 Å². The second kappa shape index (κ2) is 6.14. The number of imidazole rings is 1. The van der Waals surface area contributed by atoms with E-state index in [1.165, 1.54) is 0 Å². The molecule has 0 saturated heterocycles. The highest BCUT2D eigenvalue weighted by molar-refractivity contribution is 6.30. The zero-order valence-corrected chi connectivity index (χ0v) is 14.8. The molecule has 0 amide bonds. The third kappa shape index (κ3) is 2.77. The second-order valence-electron chi connectivity index (χ2n) is 6.31. The van der Waals surface area contributed by atoms with Crippen LogP contribution in [0.2, 0.25) is 5.02 Å². The Balaban J connectivity index is 1.94. The van der Waals surface area contributed by atoms with Gasteiger partial charge in [-0.25, -0.2) is 4.98 Å². The van der Waals surface area contributed by atoms with Crippen molar-refractivity contribution in [3.05, 3.63) is 81.7 Å². The van der Waals surface area contributed by atoms with Gasteiger partial charge in [0.05, 0.1) is 17.6 Å². The van der Waals surface area contributed by atoms with Gasteiger partial charge in [-0.15, -0.1) is 0 Å². The molecule has 1 aliphatic carbocycles. The third-order valence-electron chi connectivity index (χ3n) is 4.81. The molecule has 0 bridgehead atoms. The predicted octanol–water partition coefficient (Wildman–Crippen LogP) is 3.96. The Hall–Kier alpha value is -2.43. The fourth-order valence-corrected chi connectivity index (χ4v) is 3.46. The Morgan fingerprint density at radius 3 is 2.84 bits per heavy atom. The quantitative estimate of drug-likeness (QED) is 0.760. The number of aliphatic hydroxyl groups excluding tert-OH is 1. The lowest BCUT2D eigenvalue weighted by Gasteiger charge is -2.18. The third-order valence-corrected chi connectivity index (χ3v) is 5.04. The van der Waals surface area contributed by atoms with E-state index in [0.29, 0.717) is 11.4 Å². The molecule has 0 radical (unpaired) electrons. The molecule has 2 aromatic heterocycles. The molecular weight excluding hydrogens is 334 g/mol. The molecule has 0 aliphatic heterocycles. The van der Waals surface area contributed by atoms with Crippen molar-refractivity contribution in [3.63, 3.8) is 0 Å². The number of aryl methyl sites for hydroxylation is 1. The van der Waals surface area contributed by atoms with Crippen LogP contribution >= 0.6 is 11.6 Å². The lowest BCUT2D eigenvalue weighted by Crippen LogP contribution is -2.08. The molecule has 3 aromatic rings. The number of aliphatic hydroxyl groups is 1. The maximum Gasteiger partial charge on any atom is 0.121 e. The van der Waals surface area contributed by atoms with Crippen molar-refractivity contribution in [1.82, 2.24) is 14.5 Å². The van der Waals surface area contributed by atoms with Gasteiger partial charge in [0.1, 0.15) is 11.9 Å². The smallest absolute Gasteiger partial charge is 0.121 e. The van der Waals surface area contributed by atoms with Crippen LogP contribution in [0.4, 0.5) is 0 Å². The predicted molar refractivity (Wildman–Crippen MR) is 99.3 cm³/mol. The number of aromatic nitrogens is 3. The van der Waals surface area contributed by atoms with Crippen LogP contribution in [0.1, 0.15) is 40.0 Å². The number of hydrogen-bond donors (Lipinski definition) is 1. The molecule has 1 aromatic carbocycles. The zero-order valence-electron chi connectivity index (χ0n) is 14.1. The summed E-state index contributed by atoms with van der Waals surface area (Å²) < 4.78 is 1.91. The number of hydrogen-bond acceptors (Lipinski definition) is 3. The minimum atomic E-state index is -0.797. The lowest BCUT2D eigenvalue weighted by molar-refractivity contribution is 0.229. The molecule has 4 nitrogen and oxygen atoms in total. The van der Waals surface area contributed by atoms with Crippen molar-refractivity contribution in [2.45, 2.75) is 19.4 Å². The largest absolute Gasteiger partial charge is 0.382 e. The van der Waals surface area contributed by atoms with Crippen LogP contribution < -0.4 is 0 Å². The van der Waals surface area contributed by atoms with Crippen LogP contribution in [0.3, 0.4) is 0 Å². The molecule has 126 valence electrons. The topological polar surface area (TPSA) is 50.9 Å². The second-order valence-corrected chi connectivity index (χ2v) is 6.75. The van der Waals surface area contributed by atoms with Crippen molar-refractivity contribution >= 4 is 23.3 Å². The molecule has 1 atom stereocenters. The van der Waals surface area contributed by atoms with E-state index >= 15 is 0 Å². The van der Waals surface area contributed by atoms with E-state index in [2.05, 4.69) is 9.97 Å². The lowest BCUT2D eigenvalue weighted by atomic mass is 9.94. The molecule has 4 rings (SSSR count). The average Bonchev–Trinajstić information content (AvgIpc) is 2.85. The van der Waals surface area contributed by atoms with Gasteiger partial charge in [0, 0.05) is 24.7 Å². The number of fused-ring (bicyclic) bond motifs is 2. The van der Waals surface area contributed by atoms with E-state index in [1.807, 2.05) is 54.9 Å². The Bertz CT molecular complexity index is 990. The molecule has 0 saturated carbocycles. The number of benzene rings is 1. The molecule has 25 heavy (non-hydrogen) atoms. The van der Waals surface area contributed by atoms with Gasteiger partial charge in [-0.2, -0.15) is 0 Å². The summed E-state index contributed by atoms with van der Waals surface area (Å²) in [6.07, 6.45) is 5.44. The normalized spacial score (nSPS) is 14.3. The Morgan fingerprint density at radius 2 is 2.08 bits per heavy atom. The first-order chi connectivity index (χ1) is 12.0. The fourth-order valence-electron chi connectivity index (χ4n) is 3.29. The van der Waals surface area contributed by atoms with Gasteiger partial charge in [-0.05, 0) is 53.5 Å². The number of rotatable bonds is 2. The Morgan fingerprint density at radius 1 is 1.24 bits per heavy atom. The van der Waals surface area contributed by atoms with Crippen molar-refractivity contribution in [2.24, 2.45) is 7.05 Å².